The Hall–Kier alpha value is -3.50. The molecule has 31 heavy (non-hydrogen) atoms. The van der Waals surface area contributed by atoms with Gasteiger partial charge in [-0.15, -0.1) is 0 Å². The third-order valence-corrected chi connectivity index (χ3v) is 5.22. The number of aromatic amines is 1. The van der Waals surface area contributed by atoms with Crippen LogP contribution in [0.25, 0.3) is 6.08 Å². The van der Waals surface area contributed by atoms with E-state index < -0.39 is 12.1 Å². The summed E-state index contributed by atoms with van der Waals surface area (Å²) in [7, 11) is 0. The number of ether oxygens (including phenoxy) is 1. The Morgan fingerprint density at radius 2 is 2.10 bits per heavy atom. The molecule has 2 atom stereocenters. The van der Waals surface area contributed by atoms with Crippen LogP contribution in [0.3, 0.4) is 0 Å². The number of likely N-dealkylation sites (tertiary alicyclic amines) is 1. The fourth-order valence-corrected chi connectivity index (χ4v) is 3.66. The first-order valence-corrected chi connectivity index (χ1v) is 9.95. The second-order valence-corrected chi connectivity index (χ2v) is 7.37. The van der Waals surface area contributed by atoms with Crippen molar-refractivity contribution in [3.8, 4) is 0 Å². The number of aliphatic hydroxyl groups excluding tert-OH is 1. The molecule has 1 aromatic heterocycles. The summed E-state index contributed by atoms with van der Waals surface area (Å²) in [6.07, 6.45) is 5.38. The number of amides is 3. The van der Waals surface area contributed by atoms with Crippen LogP contribution in [0.2, 0.25) is 0 Å². The second-order valence-electron chi connectivity index (χ2n) is 7.37. The molecule has 0 radical (unpaired) electrons. The average Bonchev–Trinajstić information content (AvgIpc) is 3.43. The molecule has 2 aliphatic heterocycles. The fraction of sp³-hybridized carbons (Fsp3) is 0.333. The maximum Gasteiger partial charge on any atom is 0.253 e. The molecule has 3 N–H and O–H groups in total. The van der Waals surface area contributed by atoms with Crippen LogP contribution in [0.1, 0.15) is 12.1 Å². The highest BCUT2D eigenvalue weighted by Gasteiger charge is 2.38. The summed E-state index contributed by atoms with van der Waals surface area (Å²) in [4.78, 5) is 47.1. The normalized spacial score (nSPS) is 21.6. The molecule has 0 bridgehead atoms. The molecule has 0 spiro atoms. The van der Waals surface area contributed by atoms with E-state index in [4.69, 9.17) is 4.74 Å². The summed E-state index contributed by atoms with van der Waals surface area (Å²) in [5.41, 5.74) is 1.92. The van der Waals surface area contributed by atoms with Crippen LogP contribution in [-0.4, -0.2) is 76.1 Å². The number of imidazole rings is 1. The first-order chi connectivity index (χ1) is 15.0. The monoisotopic (exact) mass is 425 g/mol. The summed E-state index contributed by atoms with van der Waals surface area (Å²) < 4.78 is 5.13. The fourth-order valence-electron chi connectivity index (χ4n) is 3.66. The van der Waals surface area contributed by atoms with Crippen molar-refractivity contribution in [2.45, 2.75) is 18.6 Å². The van der Waals surface area contributed by atoms with Gasteiger partial charge in [0.2, 0.25) is 11.8 Å². The van der Waals surface area contributed by atoms with Gasteiger partial charge in [0.1, 0.15) is 12.6 Å². The third kappa shape index (κ3) is 4.81. The highest BCUT2D eigenvalue weighted by Crippen LogP contribution is 2.23. The van der Waals surface area contributed by atoms with Gasteiger partial charge in [-0.3, -0.25) is 14.4 Å². The van der Waals surface area contributed by atoms with Crippen molar-refractivity contribution < 1.29 is 24.2 Å². The number of aliphatic hydroxyl groups is 1. The van der Waals surface area contributed by atoms with Crippen LogP contribution in [-0.2, 0) is 19.1 Å². The van der Waals surface area contributed by atoms with E-state index in [1.807, 2.05) is 0 Å². The van der Waals surface area contributed by atoms with Gasteiger partial charge in [-0.1, -0.05) is 0 Å². The van der Waals surface area contributed by atoms with Gasteiger partial charge < -0.3 is 29.9 Å². The van der Waals surface area contributed by atoms with Crippen molar-refractivity contribution in [3.63, 3.8) is 0 Å². The topological polar surface area (TPSA) is 128 Å². The largest absolute Gasteiger partial charge is 0.391 e. The van der Waals surface area contributed by atoms with Crippen molar-refractivity contribution in [2.24, 2.45) is 0 Å². The molecule has 2 saturated heterocycles. The number of benzene rings is 1. The van der Waals surface area contributed by atoms with Crippen molar-refractivity contribution in [1.29, 1.82) is 0 Å². The SMILES string of the molecule is O=C(Nc1ccc(N2CCOCC2=O)cc1)[C@H]1C[C@@H](O)CN1C(=O)/C=C/c1cnc[nH]1. The molecule has 162 valence electrons. The van der Waals surface area contributed by atoms with E-state index in [1.165, 1.54) is 17.3 Å². The van der Waals surface area contributed by atoms with Gasteiger partial charge in [0, 0.05) is 37.0 Å². The molecule has 1 aromatic carbocycles. The van der Waals surface area contributed by atoms with Gasteiger partial charge in [-0.2, -0.15) is 0 Å². The van der Waals surface area contributed by atoms with E-state index in [-0.39, 0.29) is 37.3 Å². The molecule has 3 heterocycles. The van der Waals surface area contributed by atoms with Crippen molar-refractivity contribution in [1.82, 2.24) is 14.9 Å². The number of hydrogen-bond donors (Lipinski definition) is 3. The number of nitrogens with zero attached hydrogens (tertiary/aromatic N) is 3. The molecule has 10 nitrogen and oxygen atoms in total. The molecule has 2 fully saturated rings. The predicted molar refractivity (Wildman–Crippen MR) is 112 cm³/mol. The van der Waals surface area contributed by atoms with Gasteiger partial charge in [0.05, 0.1) is 30.9 Å². The number of carbonyl (C=O) groups is 3. The van der Waals surface area contributed by atoms with Crippen molar-refractivity contribution >= 4 is 35.2 Å². The number of morpholine rings is 1. The van der Waals surface area contributed by atoms with E-state index in [9.17, 15) is 19.5 Å². The first kappa shape index (κ1) is 20.8. The van der Waals surface area contributed by atoms with Gasteiger partial charge in [-0.05, 0) is 30.3 Å². The molecule has 0 unspecified atom stereocenters. The van der Waals surface area contributed by atoms with E-state index in [1.54, 1.807) is 41.4 Å². The number of hydrogen-bond acceptors (Lipinski definition) is 6. The van der Waals surface area contributed by atoms with Gasteiger partial charge in [0.15, 0.2) is 0 Å². The Kier molecular flexibility index (Phi) is 6.10. The van der Waals surface area contributed by atoms with Crippen LogP contribution >= 0.6 is 0 Å². The Labute approximate surface area is 178 Å². The summed E-state index contributed by atoms with van der Waals surface area (Å²) in [6.45, 7) is 1.10. The highest BCUT2D eigenvalue weighted by molar-refractivity contribution is 6.01. The Morgan fingerprint density at radius 1 is 1.29 bits per heavy atom. The second kappa shape index (κ2) is 9.11. The van der Waals surface area contributed by atoms with Crippen molar-refractivity contribution in [3.05, 3.63) is 48.6 Å². The molecule has 10 heteroatoms. The lowest BCUT2D eigenvalue weighted by Gasteiger charge is -2.27. The van der Waals surface area contributed by atoms with Crippen LogP contribution in [0.4, 0.5) is 11.4 Å². The first-order valence-electron chi connectivity index (χ1n) is 9.95. The lowest BCUT2D eigenvalue weighted by atomic mass is 10.1. The number of aromatic nitrogens is 2. The summed E-state index contributed by atoms with van der Waals surface area (Å²) >= 11 is 0. The van der Waals surface area contributed by atoms with Gasteiger partial charge >= 0.3 is 0 Å². The number of carbonyl (C=O) groups excluding carboxylic acids is 3. The standard InChI is InChI=1S/C21H23N5O5/c27-17-9-18(26(11-17)19(28)6-3-15-10-22-13-23-15)21(30)24-14-1-4-16(5-2-14)25-7-8-31-12-20(25)29/h1-6,10,13,17-18,27H,7-9,11-12H2,(H,22,23)(H,24,30)/b6-3+/t17-,18-/m1/s1. The van der Waals surface area contributed by atoms with Gasteiger partial charge in [0.25, 0.3) is 5.91 Å². The summed E-state index contributed by atoms with van der Waals surface area (Å²) in [5, 5.41) is 12.8. The third-order valence-electron chi connectivity index (χ3n) is 5.22. The minimum Gasteiger partial charge on any atom is -0.391 e. The molecule has 3 amide bonds. The Bertz CT molecular complexity index is 973. The summed E-state index contributed by atoms with van der Waals surface area (Å²) in [5.74, 6) is -0.858. The lowest BCUT2D eigenvalue weighted by molar-refractivity contribution is -0.132. The molecule has 0 saturated carbocycles. The van der Waals surface area contributed by atoms with Crippen LogP contribution in [0.5, 0.6) is 0 Å². The zero-order valence-electron chi connectivity index (χ0n) is 16.7. The Morgan fingerprint density at radius 3 is 2.81 bits per heavy atom. The quantitative estimate of drug-likeness (QED) is 0.595. The maximum absolute atomic E-state index is 12.8. The average molecular weight is 425 g/mol. The minimum atomic E-state index is -0.783. The molecular formula is C21H23N5O5. The molecular weight excluding hydrogens is 402 g/mol. The van der Waals surface area contributed by atoms with E-state index in [2.05, 4.69) is 15.3 Å². The smallest absolute Gasteiger partial charge is 0.253 e. The molecule has 2 aromatic rings. The van der Waals surface area contributed by atoms with Crippen LogP contribution < -0.4 is 10.2 Å². The lowest BCUT2D eigenvalue weighted by Crippen LogP contribution is -2.42. The Balaban J connectivity index is 1.40. The van der Waals surface area contributed by atoms with Crippen LogP contribution in [0, 0.1) is 0 Å². The van der Waals surface area contributed by atoms with E-state index in [0.717, 1.165) is 5.69 Å². The number of β-amino-alcohol motifs (C(OH)–C–C–N with tert-alkyl or cyclic N) is 1. The highest BCUT2D eigenvalue weighted by atomic mass is 16.5. The number of H-pyrrole nitrogens is 1. The number of nitrogens with one attached hydrogen (secondary N) is 2. The van der Waals surface area contributed by atoms with Crippen LogP contribution in [0.15, 0.2) is 42.9 Å². The maximum atomic E-state index is 12.8. The minimum absolute atomic E-state index is 0.0567. The zero-order valence-corrected chi connectivity index (χ0v) is 16.7. The van der Waals surface area contributed by atoms with E-state index in [0.29, 0.717) is 24.5 Å². The number of rotatable bonds is 5. The summed E-state index contributed by atoms with van der Waals surface area (Å²) in [6, 6.07) is 6.11. The van der Waals surface area contributed by atoms with Gasteiger partial charge in [-0.25, -0.2) is 4.98 Å². The number of anilines is 2. The predicted octanol–water partition coefficient (Wildman–Crippen LogP) is 0.387. The molecule has 2 aliphatic rings. The van der Waals surface area contributed by atoms with Crippen molar-refractivity contribution in [2.75, 3.05) is 36.5 Å². The zero-order chi connectivity index (χ0) is 21.8. The molecule has 0 aliphatic carbocycles. The molecule has 4 rings (SSSR count). The van der Waals surface area contributed by atoms with E-state index >= 15 is 0 Å².